The van der Waals surface area contributed by atoms with Crippen LogP contribution in [0.15, 0.2) is 37.1 Å². The molecule has 0 heterocycles. The van der Waals surface area contributed by atoms with E-state index >= 15 is 0 Å². The molecular weight excluding hydrogens is 152 g/mol. The molecule has 2 heteroatoms. The number of hydrogen-bond donors (Lipinski definition) is 0. The number of rotatable bonds is 4. The second kappa shape index (κ2) is 5.35. The molecule has 0 aromatic carbocycles. The van der Waals surface area contributed by atoms with Gasteiger partial charge in [-0.3, -0.25) is 4.79 Å². The first kappa shape index (κ1) is 10.7. The number of carbonyl (C=O) groups excluding carboxylic acids is 1. The molecular formula is C10H14O2. The Morgan fingerprint density at radius 3 is 2.42 bits per heavy atom. The number of ether oxygens (including phenoxy) is 1. The van der Waals surface area contributed by atoms with E-state index in [-0.39, 0.29) is 11.9 Å². The smallest absolute Gasteiger partial charge is 0.317 e. The molecule has 0 amide bonds. The van der Waals surface area contributed by atoms with Crippen molar-refractivity contribution in [1.29, 1.82) is 0 Å². The summed E-state index contributed by atoms with van der Waals surface area (Å²) in [6.07, 6.45) is 4.62. The molecule has 0 aliphatic heterocycles. The molecule has 0 saturated carbocycles. The zero-order chi connectivity index (χ0) is 9.56. The lowest BCUT2D eigenvalue weighted by Gasteiger charge is -2.08. The number of esters is 1. The van der Waals surface area contributed by atoms with E-state index < -0.39 is 0 Å². The lowest BCUT2D eigenvalue weighted by atomic mass is 10.0. The molecule has 0 aromatic rings. The normalized spacial score (nSPS) is 13.3. The minimum Gasteiger partial charge on any atom is -0.435 e. The minimum absolute atomic E-state index is 0.273. The Morgan fingerprint density at radius 1 is 1.50 bits per heavy atom. The highest BCUT2D eigenvalue weighted by Crippen LogP contribution is 2.12. The van der Waals surface area contributed by atoms with Gasteiger partial charge >= 0.3 is 5.97 Å². The Balaban J connectivity index is 4.35. The molecule has 1 atom stereocenters. The van der Waals surface area contributed by atoms with Crippen LogP contribution in [0.4, 0.5) is 0 Å². The Labute approximate surface area is 73.2 Å². The number of carbonyl (C=O) groups is 1. The van der Waals surface area contributed by atoms with Crippen LogP contribution in [-0.4, -0.2) is 5.97 Å². The Hall–Kier alpha value is -1.31. The summed E-state index contributed by atoms with van der Waals surface area (Å²) < 4.78 is 4.62. The van der Waals surface area contributed by atoms with E-state index in [1.54, 1.807) is 13.0 Å². The third kappa shape index (κ3) is 2.74. The van der Waals surface area contributed by atoms with Crippen molar-refractivity contribution in [2.24, 2.45) is 5.92 Å². The molecule has 0 fully saturated rings. The molecule has 0 saturated heterocycles. The first-order chi connectivity index (χ1) is 5.67. The maximum absolute atomic E-state index is 11.1. The molecule has 2 nitrogen and oxygen atoms in total. The zero-order valence-corrected chi connectivity index (χ0v) is 7.54. The monoisotopic (exact) mass is 166 g/mol. The summed E-state index contributed by atoms with van der Waals surface area (Å²) in [5, 5.41) is 0. The van der Waals surface area contributed by atoms with Crippen molar-refractivity contribution < 1.29 is 9.53 Å². The van der Waals surface area contributed by atoms with Crippen LogP contribution in [-0.2, 0) is 9.53 Å². The Morgan fingerprint density at radius 2 is 2.08 bits per heavy atom. The molecule has 1 unspecified atom stereocenters. The van der Waals surface area contributed by atoms with Gasteiger partial charge in [0.05, 0.1) is 12.2 Å². The fourth-order valence-corrected chi connectivity index (χ4v) is 0.865. The summed E-state index contributed by atoms with van der Waals surface area (Å²) in [5.41, 5.74) is 0.863. The summed E-state index contributed by atoms with van der Waals surface area (Å²) in [4.78, 5) is 11.1. The van der Waals surface area contributed by atoms with Crippen molar-refractivity contribution in [2.45, 2.75) is 13.8 Å². The molecule has 0 rings (SSSR count). The highest BCUT2D eigenvalue weighted by Gasteiger charge is 2.15. The third-order valence-corrected chi connectivity index (χ3v) is 1.62. The van der Waals surface area contributed by atoms with Crippen LogP contribution < -0.4 is 0 Å². The van der Waals surface area contributed by atoms with E-state index in [1.165, 1.54) is 0 Å². The number of allylic oxidation sites excluding steroid dienone is 2. The van der Waals surface area contributed by atoms with E-state index in [1.807, 2.05) is 13.0 Å². The van der Waals surface area contributed by atoms with Crippen LogP contribution in [0.25, 0.3) is 0 Å². The molecule has 0 spiro atoms. The first-order valence-electron chi connectivity index (χ1n) is 3.77. The molecule has 0 radical (unpaired) electrons. The lowest BCUT2D eigenvalue weighted by molar-refractivity contribution is -0.140. The fourth-order valence-electron chi connectivity index (χ4n) is 0.865. The van der Waals surface area contributed by atoms with Crippen LogP contribution in [0.5, 0.6) is 0 Å². The van der Waals surface area contributed by atoms with Crippen molar-refractivity contribution in [3.05, 3.63) is 37.1 Å². The minimum atomic E-state index is -0.307. The fraction of sp³-hybridized carbons (Fsp3) is 0.300. The van der Waals surface area contributed by atoms with Gasteiger partial charge in [-0.25, -0.2) is 0 Å². The lowest BCUT2D eigenvalue weighted by Crippen LogP contribution is -2.13. The van der Waals surface area contributed by atoms with Gasteiger partial charge in [-0.1, -0.05) is 25.3 Å². The molecule has 0 N–H and O–H groups in total. The molecule has 12 heavy (non-hydrogen) atoms. The summed E-state index contributed by atoms with van der Waals surface area (Å²) >= 11 is 0. The van der Waals surface area contributed by atoms with Crippen LogP contribution >= 0.6 is 0 Å². The van der Waals surface area contributed by atoms with E-state index in [0.717, 1.165) is 11.8 Å². The second-order valence-electron chi connectivity index (χ2n) is 2.32. The molecule has 0 aromatic heterocycles. The van der Waals surface area contributed by atoms with Crippen LogP contribution in [0.2, 0.25) is 0 Å². The number of hydrogen-bond acceptors (Lipinski definition) is 2. The highest BCUT2D eigenvalue weighted by molar-refractivity contribution is 5.76. The topological polar surface area (TPSA) is 26.3 Å². The van der Waals surface area contributed by atoms with Gasteiger partial charge in [0, 0.05) is 0 Å². The van der Waals surface area contributed by atoms with E-state index in [4.69, 9.17) is 0 Å². The largest absolute Gasteiger partial charge is 0.435 e. The van der Waals surface area contributed by atoms with Gasteiger partial charge < -0.3 is 4.74 Å². The molecule has 0 aliphatic carbocycles. The predicted molar refractivity (Wildman–Crippen MR) is 49.4 cm³/mol. The molecule has 66 valence electrons. The molecule has 0 bridgehead atoms. The van der Waals surface area contributed by atoms with E-state index in [9.17, 15) is 4.79 Å². The maximum atomic E-state index is 11.1. The summed E-state index contributed by atoms with van der Waals surface area (Å²) in [5.74, 6) is -0.580. The average Bonchev–Trinajstić information content (AvgIpc) is 2.07. The highest BCUT2D eigenvalue weighted by atomic mass is 16.5. The van der Waals surface area contributed by atoms with Gasteiger partial charge in [0.15, 0.2) is 0 Å². The van der Waals surface area contributed by atoms with E-state index in [2.05, 4.69) is 17.9 Å². The van der Waals surface area contributed by atoms with Crippen molar-refractivity contribution in [1.82, 2.24) is 0 Å². The Bertz CT molecular complexity index is 214. The van der Waals surface area contributed by atoms with Crippen LogP contribution in [0, 0.1) is 5.92 Å². The van der Waals surface area contributed by atoms with Crippen molar-refractivity contribution in [2.75, 3.05) is 0 Å². The summed E-state index contributed by atoms with van der Waals surface area (Å²) in [7, 11) is 0. The van der Waals surface area contributed by atoms with Crippen molar-refractivity contribution in [3.8, 4) is 0 Å². The SMILES string of the molecule is C=COC(=O)C(C)C(C=C)=CC. The van der Waals surface area contributed by atoms with Crippen LogP contribution in [0.1, 0.15) is 13.8 Å². The van der Waals surface area contributed by atoms with Gasteiger partial charge in [-0.05, 0) is 19.4 Å². The summed E-state index contributed by atoms with van der Waals surface area (Å²) in [6.45, 7) is 10.5. The van der Waals surface area contributed by atoms with Gasteiger partial charge in [0.1, 0.15) is 0 Å². The van der Waals surface area contributed by atoms with Gasteiger partial charge in [-0.2, -0.15) is 0 Å². The summed E-state index contributed by atoms with van der Waals surface area (Å²) in [6, 6.07) is 0. The van der Waals surface area contributed by atoms with Crippen molar-refractivity contribution in [3.63, 3.8) is 0 Å². The van der Waals surface area contributed by atoms with Gasteiger partial charge in [0.25, 0.3) is 0 Å². The van der Waals surface area contributed by atoms with E-state index in [0.29, 0.717) is 0 Å². The van der Waals surface area contributed by atoms with Crippen LogP contribution in [0.3, 0.4) is 0 Å². The zero-order valence-electron chi connectivity index (χ0n) is 7.54. The quantitative estimate of drug-likeness (QED) is 0.364. The second-order valence-corrected chi connectivity index (χ2v) is 2.32. The Kier molecular flexibility index (Phi) is 4.77. The third-order valence-electron chi connectivity index (χ3n) is 1.62. The van der Waals surface area contributed by atoms with Gasteiger partial charge in [-0.15, -0.1) is 0 Å². The molecule has 0 aliphatic rings. The maximum Gasteiger partial charge on any atom is 0.317 e. The van der Waals surface area contributed by atoms with Gasteiger partial charge in [0.2, 0.25) is 0 Å². The van der Waals surface area contributed by atoms with Crippen molar-refractivity contribution >= 4 is 5.97 Å². The predicted octanol–water partition coefficient (Wildman–Crippen LogP) is 2.44. The average molecular weight is 166 g/mol. The first-order valence-corrected chi connectivity index (χ1v) is 3.77. The standard InChI is InChI=1S/C10H14O2/c1-5-9(6-2)8(4)10(11)12-7-3/h5-8H,1,3H2,2,4H3.